The molecule has 2 aliphatic rings. The third-order valence-electron chi connectivity index (χ3n) is 5.63. The number of carboxylic acid groups (broad SMARTS) is 1. The van der Waals surface area contributed by atoms with E-state index < -0.39 is 12.0 Å². The summed E-state index contributed by atoms with van der Waals surface area (Å²) in [6, 6.07) is 18.6. The summed E-state index contributed by atoms with van der Waals surface area (Å²) in [5.41, 5.74) is 3.90. The number of hydrogen-bond acceptors (Lipinski definition) is 5. The molecule has 0 saturated carbocycles. The lowest BCUT2D eigenvalue weighted by Crippen LogP contribution is -2.34. The third kappa shape index (κ3) is 3.76. The first-order valence-electron chi connectivity index (χ1n) is 10.4. The topological polar surface area (TPSA) is 94.9 Å². The molecule has 0 fully saturated rings. The number of pyridine rings is 1. The number of anilines is 1. The van der Waals surface area contributed by atoms with Crippen LogP contribution in [0.2, 0.25) is 5.02 Å². The van der Waals surface area contributed by atoms with E-state index in [4.69, 9.17) is 16.6 Å². The Hall–Kier alpha value is -3.97. The fourth-order valence-electron chi connectivity index (χ4n) is 4.20. The molecule has 2 aliphatic heterocycles. The Kier molecular flexibility index (Phi) is 5.40. The second-order valence-electron chi connectivity index (χ2n) is 7.64. The molecule has 0 aliphatic carbocycles. The summed E-state index contributed by atoms with van der Waals surface area (Å²) < 4.78 is 0. The van der Waals surface area contributed by atoms with Crippen LogP contribution in [0.1, 0.15) is 27.7 Å². The van der Waals surface area contributed by atoms with Crippen molar-refractivity contribution >= 4 is 34.9 Å². The molecule has 1 amide bonds. The Labute approximate surface area is 195 Å². The normalized spacial score (nSPS) is 17.8. The summed E-state index contributed by atoms with van der Waals surface area (Å²) in [5, 5.41) is 13.3. The third-order valence-corrected chi connectivity index (χ3v) is 5.88. The summed E-state index contributed by atoms with van der Waals surface area (Å²) in [5.74, 6) is -1.32. The number of hydrogen-bond donors (Lipinski definition) is 2. The van der Waals surface area contributed by atoms with E-state index in [1.165, 1.54) is 12.1 Å². The Bertz CT molecular complexity index is 1300. The highest BCUT2D eigenvalue weighted by Crippen LogP contribution is 2.42. The predicted octanol–water partition coefficient (Wildman–Crippen LogP) is 3.87. The monoisotopic (exact) mass is 458 g/mol. The maximum atomic E-state index is 13.7. The van der Waals surface area contributed by atoms with Crippen molar-refractivity contribution in [1.82, 2.24) is 10.3 Å². The number of rotatable bonds is 4. The Morgan fingerprint density at radius 3 is 2.64 bits per heavy atom. The number of benzene rings is 2. The number of carboxylic acids is 1. The number of aromatic carboxylic acids is 1. The van der Waals surface area contributed by atoms with Gasteiger partial charge in [0.2, 0.25) is 0 Å². The minimum absolute atomic E-state index is 0.0988. The second-order valence-corrected chi connectivity index (χ2v) is 8.08. The summed E-state index contributed by atoms with van der Waals surface area (Å²) in [7, 11) is 0. The van der Waals surface area contributed by atoms with Crippen LogP contribution in [-0.4, -0.2) is 40.8 Å². The van der Waals surface area contributed by atoms with Gasteiger partial charge < -0.3 is 10.4 Å². The van der Waals surface area contributed by atoms with E-state index in [2.05, 4.69) is 10.3 Å². The van der Waals surface area contributed by atoms with Gasteiger partial charge in [-0.15, -0.1) is 0 Å². The molecule has 1 aromatic heterocycles. The number of carbonyl (C=O) groups excluding carboxylic acids is 1. The van der Waals surface area contributed by atoms with Gasteiger partial charge in [-0.25, -0.2) is 4.79 Å². The van der Waals surface area contributed by atoms with Crippen LogP contribution in [0.15, 0.2) is 89.2 Å². The van der Waals surface area contributed by atoms with Crippen molar-refractivity contribution in [2.75, 3.05) is 18.0 Å². The largest absolute Gasteiger partial charge is 0.478 e. The number of carbonyl (C=O) groups is 2. The van der Waals surface area contributed by atoms with Gasteiger partial charge in [0.05, 0.1) is 23.5 Å². The highest BCUT2D eigenvalue weighted by atomic mass is 35.5. The lowest BCUT2D eigenvalue weighted by Gasteiger charge is -2.27. The van der Waals surface area contributed by atoms with Crippen LogP contribution in [0, 0.1) is 0 Å². The molecule has 0 radical (unpaired) electrons. The SMILES string of the molecule is O=C(O)c1cccc(N2C(=O)C3=C(C(c4ccc(Cl)cc4)=NCCN3)[C@H]2c2ccccn2)c1. The van der Waals surface area contributed by atoms with E-state index >= 15 is 0 Å². The van der Waals surface area contributed by atoms with Crippen LogP contribution in [-0.2, 0) is 4.79 Å². The molecule has 2 aromatic carbocycles. The number of nitrogens with one attached hydrogen (secondary N) is 1. The first-order chi connectivity index (χ1) is 16.0. The zero-order chi connectivity index (χ0) is 22.9. The molecular weight excluding hydrogens is 440 g/mol. The first-order valence-corrected chi connectivity index (χ1v) is 10.8. The standard InChI is InChI=1S/C25H19ClN4O3/c26-17-9-7-15(8-10-17)21-20-22(29-13-12-28-21)24(31)30(23(20)19-6-1-2-11-27-19)18-5-3-4-16(14-18)25(32)33/h1-11,14,23,29H,12-13H2,(H,32,33)/t23-/m1/s1. The molecule has 0 spiro atoms. The van der Waals surface area contributed by atoms with E-state index in [9.17, 15) is 14.7 Å². The molecule has 0 unspecified atom stereocenters. The smallest absolute Gasteiger partial charge is 0.335 e. The van der Waals surface area contributed by atoms with E-state index in [1.54, 1.807) is 35.4 Å². The van der Waals surface area contributed by atoms with Gasteiger partial charge in [-0.2, -0.15) is 0 Å². The molecule has 8 heteroatoms. The zero-order valence-corrected chi connectivity index (χ0v) is 18.2. The summed E-state index contributed by atoms with van der Waals surface area (Å²) >= 11 is 6.10. The van der Waals surface area contributed by atoms with Gasteiger partial charge in [0.25, 0.3) is 5.91 Å². The average molecular weight is 459 g/mol. The Morgan fingerprint density at radius 2 is 1.91 bits per heavy atom. The van der Waals surface area contributed by atoms with Gasteiger partial charge in [-0.05, 0) is 42.5 Å². The number of nitrogens with zero attached hydrogens (tertiary/aromatic N) is 3. The molecule has 1 atom stereocenters. The van der Waals surface area contributed by atoms with E-state index in [1.807, 2.05) is 30.3 Å². The molecule has 0 bridgehead atoms. The van der Waals surface area contributed by atoms with Crippen LogP contribution in [0.5, 0.6) is 0 Å². The van der Waals surface area contributed by atoms with Crippen LogP contribution in [0.25, 0.3) is 0 Å². The lowest BCUT2D eigenvalue weighted by atomic mass is 9.93. The fraction of sp³-hybridized carbons (Fsp3) is 0.120. The van der Waals surface area contributed by atoms with Crippen molar-refractivity contribution < 1.29 is 14.7 Å². The fourth-order valence-corrected chi connectivity index (χ4v) is 4.32. The van der Waals surface area contributed by atoms with Crippen molar-refractivity contribution in [3.63, 3.8) is 0 Å². The summed E-state index contributed by atoms with van der Waals surface area (Å²) in [6.45, 7) is 1.00. The highest BCUT2D eigenvalue weighted by molar-refractivity contribution is 6.31. The van der Waals surface area contributed by atoms with Gasteiger partial charge in [-0.1, -0.05) is 35.9 Å². The quantitative estimate of drug-likeness (QED) is 0.619. The van der Waals surface area contributed by atoms with Gasteiger partial charge in [-0.3, -0.25) is 19.7 Å². The van der Waals surface area contributed by atoms with E-state index in [0.29, 0.717) is 46.5 Å². The van der Waals surface area contributed by atoms with Crippen molar-refractivity contribution in [3.8, 4) is 0 Å². The van der Waals surface area contributed by atoms with Crippen LogP contribution < -0.4 is 10.2 Å². The molecule has 5 rings (SSSR count). The predicted molar refractivity (Wildman–Crippen MR) is 126 cm³/mol. The molecule has 164 valence electrons. The van der Waals surface area contributed by atoms with Gasteiger partial charge in [0.1, 0.15) is 11.7 Å². The number of amides is 1. The van der Waals surface area contributed by atoms with E-state index in [-0.39, 0.29) is 11.5 Å². The number of aromatic nitrogens is 1. The minimum atomic E-state index is -1.06. The average Bonchev–Trinajstić information content (AvgIpc) is 2.97. The molecule has 7 nitrogen and oxygen atoms in total. The Morgan fingerprint density at radius 1 is 1.09 bits per heavy atom. The first kappa shape index (κ1) is 20.9. The van der Waals surface area contributed by atoms with Crippen molar-refractivity contribution in [1.29, 1.82) is 0 Å². The summed E-state index contributed by atoms with van der Waals surface area (Å²) in [4.78, 5) is 36.3. The van der Waals surface area contributed by atoms with Crippen LogP contribution in [0.3, 0.4) is 0 Å². The van der Waals surface area contributed by atoms with Crippen LogP contribution >= 0.6 is 11.6 Å². The maximum Gasteiger partial charge on any atom is 0.335 e. The molecule has 33 heavy (non-hydrogen) atoms. The van der Waals surface area contributed by atoms with Gasteiger partial charge in [0, 0.05) is 34.6 Å². The molecule has 3 heterocycles. The maximum absolute atomic E-state index is 13.7. The number of aliphatic imine (C=N–C) groups is 1. The molecule has 3 aromatic rings. The van der Waals surface area contributed by atoms with Gasteiger partial charge in [0.15, 0.2) is 0 Å². The highest BCUT2D eigenvalue weighted by Gasteiger charge is 2.44. The van der Waals surface area contributed by atoms with Crippen molar-refractivity contribution in [2.24, 2.45) is 4.99 Å². The molecule has 0 saturated heterocycles. The summed E-state index contributed by atoms with van der Waals surface area (Å²) in [6.07, 6.45) is 1.67. The van der Waals surface area contributed by atoms with Gasteiger partial charge >= 0.3 is 5.97 Å². The van der Waals surface area contributed by atoms with Crippen LogP contribution in [0.4, 0.5) is 5.69 Å². The van der Waals surface area contributed by atoms with E-state index in [0.717, 1.165) is 5.56 Å². The Balaban J connectivity index is 1.71. The van der Waals surface area contributed by atoms with Crippen molar-refractivity contribution in [2.45, 2.75) is 6.04 Å². The number of halogens is 1. The zero-order valence-electron chi connectivity index (χ0n) is 17.4. The lowest BCUT2D eigenvalue weighted by molar-refractivity contribution is -0.115. The van der Waals surface area contributed by atoms with Crippen molar-refractivity contribution in [3.05, 3.63) is 106 Å². The molecule has 2 N–H and O–H groups in total. The minimum Gasteiger partial charge on any atom is -0.478 e. The molecular formula is C25H19ClN4O3. The second kappa shape index (κ2) is 8.52.